The van der Waals surface area contributed by atoms with E-state index in [2.05, 4.69) is 5.32 Å². The van der Waals surface area contributed by atoms with Gasteiger partial charge in [-0.25, -0.2) is 4.79 Å². The van der Waals surface area contributed by atoms with Crippen LogP contribution in [0.2, 0.25) is 0 Å². The summed E-state index contributed by atoms with van der Waals surface area (Å²) in [5.41, 5.74) is 0.0491. The summed E-state index contributed by atoms with van der Waals surface area (Å²) in [5, 5.41) is 2.55. The Bertz CT molecular complexity index is 808. The van der Waals surface area contributed by atoms with E-state index in [1.807, 2.05) is 0 Å². The summed E-state index contributed by atoms with van der Waals surface area (Å²) in [4.78, 5) is 52.7. The highest BCUT2D eigenvalue weighted by Gasteiger charge is 2.53. The lowest BCUT2D eigenvalue weighted by Crippen LogP contribution is -2.64. The first-order valence-corrected chi connectivity index (χ1v) is 8.99. The van der Waals surface area contributed by atoms with Gasteiger partial charge in [-0.1, -0.05) is 12.1 Å². The standard InChI is InChI=1S/C19H23N3O5/c1-4-27-18(26)12(2)20-15(23)11-21-17(25)13-7-5-6-8-14(13)22-16(24)9-10-19(21,22)3/h5-8,12H,4,9-11H2,1-3H3,(H,20,23). The highest BCUT2D eigenvalue weighted by atomic mass is 16.5. The van der Waals surface area contributed by atoms with Crippen molar-refractivity contribution >= 4 is 29.4 Å². The van der Waals surface area contributed by atoms with Gasteiger partial charge in [0, 0.05) is 6.42 Å². The highest BCUT2D eigenvalue weighted by Crippen LogP contribution is 2.43. The third-order valence-corrected chi connectivity index (χ3v) is 5.06. The molecule has 1 aromatic carbocycles. The van der Waals surface area contributed by atoms with Crippen LogP contribution in [0.5, 0.6) is 0 Å². The molecule has 3 rings (SSSR count). The van der Waals surface area contributed by atoms with Crippen LogP contribution in [0.1, 0.15) is 44.0 Å². The van der Waals surface area contributed by atoms with E-state index in [-0.39, 0.29) is 25.0 Å². The summed E-state index contributed by atoms with van der Waals surface area (Å²) < 4.78 is 4.88. The molecule has 1 N–H and O–H groups in total. The van der Waals surface area contributed by atoms with Gasteiger partial charge in [-0.15, -0.1) is 0 Å². The number of carbonyl (C=O) groups is 4. The first-order chi connectivity index (χ1) is 12.8. The van der Waals surface area contributed by atoms with Crippen molar-refractivity contribution in [3.8, 4) is 0 Å². The van der Waals surface area contributed by atoms with Crippen molar-refractivity contribution < 1.29 is 23.9 Å². The third-order valence-electron chi connectivity index (χ3n) is 5.06. The third kappa shape index (κ3) is 3.15. The summed E-state index contributed by atoms with van der Waals surface area (Å²) in [6.45, 7) is 4.96. The van der Waals surface area contributed by atoms with Crippen LogP contribution in [0.4, 0.5) is 5.69 Å². The predicted molar refractivity (Wildman–Crippen MR) is 96.8 cm³/mol. The number of nitrogens with one attached hydrogen (secondary N) is 1. The summed E-state index contributed by atoms with van der Waals surface area (Å²) in [6.07, 6.45) is 0.738. The van der Waals surface area contributed by atoms with Gasteiger partial charge < -0.3 is 15.0 Å². The molecule has 0 aliphatic carbocycles. The molecule has 1 fully saturated rings. The van der Waals surface area contributed by atoms with Crippen LogP contribution in [0.15, 0.2) is 24.3 Å². The number of fused-ring (bicyclic) bond motifs is 3. The van der Waals surface area contributed by atoms with Crippen LogP contribution in [0.25, 0.3) is 0 Å². The molecule has 8 nitrogen and oxygen atoms in total. The molecule has 2 atom stereocenters. The second kappa shape index (κ2) is 7.02. The largest absolute Gasteiger partial charge is 0.464 e. The van der Waals surface area contributed by atoms with Gasteiger partial charge in [-0.2, -0.15) is 0 Å². The number of benzene rings is 1. The Morgan fingerprint density at radius 2 is 2.00 bits per heavy atom. The summed E-state index contributed by atoms with van der Waals surface area (Å²) in [5.74, 6) is -1.41. The first-order valence-electron chi connectivity index (χ1n) is 8.99. The smallest absolute Gasteiger partial charge is 0.328 e. The average molecular weight is 373 g/mol. The van der Waals surface area contributed by atoms with E-state index in [0.717, 1.165) is 0 Å². The first kappa shape index (κ1) is 18.9. The zero-order valence-corrected chi connectivity index (χ0v) is 15.7. The van der Waals surface area contributed by atoms with Crippen molar-refractivity contribution in [2.75, 3.05) is 18.1 Å². The molecular weight excluding hydrogens is 350 g/mol. The summed E-state index contributed by atoms with van der Waals surface area (Å²) in [7, 11) is 0. The van der Waals surface area contributed by atoms with Crippen molar-refractivity contribution in [2.45, 2.75) is 45.3 Å². The number of hydrogen-bond acceptors (Lipinski definition) is 5. The molecule has 0 radical (unpaired) electrons. The van der Waals surface area contributed by atoms with E-state index in [0.29, 0.717) is 24.1 Å². The Morgan fingerprint density at radius 1 is 1.30 bits per heavy atom. The van der Waals surface area contributed by atoms with Crippen LogP contribution < -0.4 is 10.2 Å². The van der Waals surface area contributed by atoms with Crippen LogP contribution >= 0.6 is 0 Å². The second-order valence-corrected chi connectivity index (χ2v) is 6.90. The molecule has 2 unspecified atom stereocenters. The summed E-state index contributed by atoms with van der Waals surface area (Å²) in [6, 6.07) is 6.07. The minimum Gasteiger partial charge on any atom is -0.464 e. The number of ether oxygens (including phenoxy) is 1. The van der Waals surface area contributed by atoms with Gasteiger partial charge in [0.2, 0.25) is 11.8 Å². The van der Waals surface area contributed by atoms with E-state index in [1.165, 1.54) is 11.8 Å². The van der Waals surface area contributed by atoms with Crippen LogP contribution in [-0.4, -0.2) is 53.4 Å². The van der Waals surface area contributed by atoms with Gasteiger partial charge in [-0.05, 0) is 39.3 Å². The van der Waals surface area contributed by atoms with E-state index in [4.69, 9.17) is 4.74 Å². The molecule has 8 heteroatoms. The topological polar surface area (TPSA) is 96.0 Å². The van der Waals surface area contributed by atoms with Gasteiger partial charge in [-0.3, -0.25) is 19.3 Å². The van der Waals surface area contributed by atoms with Gasteiger partial charge in [0.15, 0.2) is 0 Å². The average Bonchev–Trinajstić information content (AvgIpc) is 2.94. The van der Waals surface area contributed by atoms with Gasteiger partial charge in [0.1, 0.15) is 18.2 Å². The van der Waals surface area contributed by atoms with Crippen molar-refractivity contribution in [3.05, 3.63) is 29.8 Å². The Labute approximate surface area is 157 Å². The minimum atomic E-state index is -0.910. The molecule has 0 spiro atoms. The lowest BCUT2D eigenvalue weighted by atomic mass is 9.98. The molecule has 0 bridgehead atoms. The number of amides is 3. The molecule has 2 heterocycles. The van der Waals surface area contributed by atoms with E-state index >= 15 is 0 Å². The fourth-order valence-electron chi connectivity index (χ4n) is 3.70. The van der Waals surface area contributed by atoms with Gasteiger partial charge >= 0.3 is 5.97 Å². The highest BCUT2D eigenvalue weighted by molar-refractivity contribution is 6.11. The van der Waals surface area contributed by atoms with E-state index in [9.17, 15) is 19.2 Å². The van der Waals surface area contributed by atoms with Crippen LogP contribution in [-0.2, 0) is 19.1 Å². The normalized spacial score (nSPS) is 22.2. The summed E-state index contributed by atoms with van der Waals surface area (Å²) >= 11 is 0. The van der Waals surface area contributed by atoms with Crippen molar-refractivity contribution in [1.82, 2.24) is 10.2 Å². The van der Waals surface area contributed by atoms with Crippen molar-refractivity contribution in [3.63, 3.8) is 0 Å². The SMILES string of the molecule is CCOC(=O)C(C)NC(=O)CN1C(=O)c2ccccc2N2C(=O)CCC12C. The second-order valence-electron chi connectivity index (χ2n) is 6.90. The van der Waals surface area contributed by atoms with Gasteiger partial charge in [0.25, 0.3) is 5.91 Å². The number of para-hydroxylation sites is 1. The zero-order valence-electron chi connectivity index (χ0n) is 15.7. The fourth-order valence-corrected chi connectivity index (χ4v) is 3.70. The molecule has 144 valence electrons. The van der Waals surface area contributed by atoms with Crippen molar-refractivity contribution in [2.24, 2.45) is 0 Å². The van der Waals surface area contributed by atoms with E-state index < -0.39 is 23.6 Å². The number of anilines is 1. The maximum absolute atomic E-state index is 13.0. The number of esters is 1. The Hall–Kier alpha value is -2.90. The van der Waals surface area contributed by atoms with Crippen molar-refractivity contribution in [1.29, 1.82) is 0 Å². The Balaban J connectivity index is 1.85. The minimum absolute atomic E-state index is 0.0808. The molecule has 0 aromatic heterocycles. The lowest BCUT2D eigenvalue weighted by molar-refractivity contribution is -0.147. The molecular formula is C19H23N3O5. The number of nitrogens with zero attached hydrogens (tertiary/aromatic N) is 2. The molecule has 27 heavy (non-hydrogen) atoms. The maximum atomic E-state index is 13.0. The lowest BCUT2D eigenvalue weighted by Gasteiger charge is -2.48. The van der Waals surface area contributed by atoms with Crippen LogP contribution in [0, 0.1) is 0 Å². The maximum Gasteiger partial charge on any atom is 0.328 e. The Kier molecular flexibility index (Phi) is 4.91. The number of carbonyl (C=O) groups excluding carboxylic acids is 4. The molecule has 1 saturated heterocycles. The number of rotatable bonds is 5. The fraction of sp³-hybridized carbons (Fsp3) is 0.474. The van der Waals surface area contributed by atoms with Crippen LogP contribution in [0.3, 0.4) is 0 Å². The van der Waals surface area contributed by atoms with Gasteiger partial charge in [0.05, 0.1) is 17.9 Å². The molecule has 2 aliphatic heterocycles. The quantitative estimate of drug-likeness (QED) is 0.779. The predicted octanol–water partition coefficient (Wildman–Crippen LogP) is 1.05. The van der Waals surface area contributed by atoms with E-state index in [1.54, 1.807) is 43.0 Å². The Morgan fingerprint density at radius 3 is 2.70 bits per heavy atom. The number of hydrogen-bond donors (Lipinski definition) is 1. The molecule has 0 saturated carbocycles. The molecule has 3 amide bonds. The molecule has 2 aliphatic rings. The zero-order chi connectivity index (χ0) is 19.8. The molecule has 1 aromatic rings. The monoisotopic (exact) mass is 373 g/mol.